The highest BCUT2D eigenvalue weighted by molar-refractivity contribution is 5.91. The first-order chi connectivity index (χ1) is 7.68. The van der Waals surface area contributed by atoms with Crippen LogP contribution >= 0.6 is 0 Å². The fourth-order valence-corrected chi connectivity index (χ4v) is 1.55. The van der Waals surface area contributed by atoms with Crippen LogP contribution in [0.5, 0.6) is 0 Å². The SMILES string of the molecule is Cn1cccc1Cc1nccnc1C(N)=O. The quantitative estimate of drug-likeness (QED) is 0.812. The van der Waals surface area contributed by atoms with Crippen molar-refractivity contribution in [2.45, 2.75) is 6.42 Å². The van der Waals surface area contributed by atoms with Crippen molar-refractivity contribution in [2.75, 3.05) is 0 Å². The maximum absolute atomic E-state index is 11.1. The molecule has 0 bridgehead atoms. The molecule has 0 aliphatic heterocycles. The summed E-state index contributed by atoms with van der Waals surface area (Å²) in [6.45, 7) is 0. The van der Waals surface area contributed by atoms with E-state index in [1.165, 1.54) is 6.20 Å². The van der Waals surface area contributed by atoms with Crippen molar-refractivity contribution >= 4 is 5.91 Å². The number of rotatable bonds is 3. The molecule has 0 aromatic carbocycles. The lowest BCUT2D eigenvalue weighted by molar-refractivity contribution is 0.0994. The second-order valence-electron chi connectivity index (χ2n) is 3.50. The Morgan fingerprint density at radius 1 is 1.44 bits per heavy atom. The normalized spacial score (nSPS) is 10.3. The van der Waals surface area contributed by atoms with Gasteiger partial charge in [0.2, 0.25) is 0 Å². The van der Waals surface area contributed by atoms with Crippen molar-refractivity contribution in [3.63, 3.8) is 0 Å². The minimum absolute atomic E-state index is 0.240. The van der Waals surface area contributed by atoms with Crippen LogP contribution in [0, 0.1) is 0 Å². The zero-order chi connectivity index (χ0) is 11.5. The number of aromatic nitrogens is 3. The van der Waals surface area contributed by atoms with E-state index in [4.69, 9.17) is 5.73 Å². The third-order valence-corrected chi connectivity index (χ3v) is 2.41. The molecule has 0 aliphatic carbocycles. The number of aryl methyl sites for hydroxylation is 1. The number of primary amides is 1. The van der Waals surface area contributed by atoms with Crippen LogP contribution in [0.4, 0.5) is 0 Å². The average molecular weight is 216 g/mol. The Labute approximate surface area is 92.9 Å². The Hall–Kier alpha value is -2.17. The molecule has 2 N–H and O–H groups in total. The number of amides is 1. The van der Waals surface area contributed by atoms with Gasteiger partial charge in [0.15, 0.2) is 0 Å². The summed E-state index contributed by atoms with van der Waals surface area (Å²) >= 11 is 0. The first-order valence-electron chi connectivity index (χ1n) is 4.88. The van der Waals surface area contributed by atoms with E-state index in [1.54, 1.807) is 6.20 Å². The molecular weight excluding hydrogens is 204 g/mol. The molecule has 2 heterocycles. The van der Waals surface area contributed by atoms with Gasteiger partial charge in [0.25, 0.3) is 5.91 Å². The topological polar surface area (TPSA) is 73.8 Å². The van der Waals surface area contributed by atoms with Crippen LogP contribution < -0.4 is 5.73 Å². The smallest absolute Gasteiger partial charge is 0.269 e. The van der Waals surface area contributed by atoms with E-state index in [1.807, 2.05) is 29.9 Å². The maximum Gasteiger partial charge on any atom is 0.269 e. The van der Waals surface area contributed by atoms with Crippen LogP contribution in [0.15, 0.2) is 30.7 Å². The lowest BCUT2D eigenvalue weighted by Crippen LogP contribution is -2.17. The Morgan fingerprint density at radius 2 is 2.19 bits per heavy atom. The predicted molar refractivity (Wildman–Crippen MR) is 58.8 cm³/mol. The Kier molecular flexibility index (Phi) is 2.68. The molecule has 0 spiro atoms. The van der Waals surface area contributed by atoms with Gasteiger partial charge in [-0.15, -0.1) is 0 Å². The van der Waals surface area contributed by atoms with Crippen molar-refractivity contribution in [3.05, 3.63) is 47.8 Å². The maximum atomic E-state index is 11.1. The Bertz CT molecular complexity index is 518. The molecule has 0 unspecified atom stereocenters. The van der Waals surface area contributed by atoms with Crippen LogP contribution in [-0.4, -0.2) is 20.4 Å². The molecule has 1 amide bonds. The zero-order valence-electron chi connectivity index (χ0n) is 8.92. The van der Waals surface area contributed by atoms with Gasteiger partial charge < -0.3 is 10.3 Å². The summed E-state index contributed by atoms with van der Waals surface area (Å²) in [5.74, 6) is -0.544. The van der Waals surface area contributed by atoms with Gasteiger partial charge in [-0.25, -0.2) is 4.98 Å². The summed E-state index contributed by atoms with van der Waals surface area (Å²) in [5.41, 5.74) is 7.14. The highest BCUT2D eigenvalue weighted by atomic mass is 16.1. The minimum atomic E-state index is -0.544. The second-order valence-corrected chi connectivity index (χ2v) is 3.50. The monoisotopic (exact) mass is 216 g/mol. The van der Waals surface area contributed by atoms with E-state index >= 15 is 0 Å². The molecule has 0 radical (unpaired) electrons. The molecule has 2 aromatic rings. The molecule has 16 heavy (non-hydrogen) atoms. The number of nitrogens with two attached hydrogens (primary N) is 1. The number of nitrogens with zero attached hydrogens (tertiary/aromatic N) is 3. The number of carbonyl (C=O) groups excluding carboxylic acids is 1. The lowest BCUT2D eigenvalue weighted by atomic mass is 10.2. The van der Waals surface area contributed by atoms with Gasteiger partial charge in [-0.2, -0.15) is 0 Å². The zero-order valence-corrected chi connectivity index (χ0v) is 8.92. The molecular formula is C11H12N4O. The van der Waals surface area contributed by atoms with Gasteiger partial charge in [0.1, 0.15) is 5.69 Å². The van der Waals surface area contributed by atoms with Gasteiger partial charge in [-0.1, -0.05) is 0 Å². The summed E-state index contributed by atoms with van der Waals surface area (Å²) in [7, 11) is 1.94. The third kappa shape index (κ3) is 1.93. The van der Waals surface area contributed by atoms with E-state index < -0.39 is 5.91 Å². The van der Waals surface area contributed by atoms with Gasteiger partial charge in [0.05, 0.1) is 5.69 Å². The molecule has 82 valence electrons. The molecule has 2 aromatic heterocycles. The van der Waals surface area contributed by atoms with Crippen LogP contribution in [-0.2, 0) is 13.5 Å². The van der Waals surface area contributed by atoms with E-state index in [-0.39, 0.29) is 5.69 Å². The molecule has 0 saturated carbocycles. The van der Waals surface area contributed by atoms with Gasteiger partial charge in [0, 0.05) is 37.8 Å². The summed E-state index contributed by atoms with van der Waals surface area (Å²) < 4.78 is 1.97. The predicted octanol–water partition coefficient (Wildman–Crippen LogP) is 0.505. The molecule has 2 rings (SSSR count). The summed E-state index contributed by atoms with van der Waals surface area (Å²) in [4.78, 5) is 19.2. The van der Waals surface area contributed by atoms with Gasteiger partial charge >= 0.3 is 0 Å². The molecule has 5 nitrogen and oxygen atoms in total. The van der Waals surface area contributed by atoms with E-state index in [0.717, 1.165) is 5.69 Å². The van der Waals surface area contributed by atoms with E-state index in [0.29, 0.717) is 12.1 Å². The Morgan fingerprint density at radius 3 is 2.81 bits per heavy atom. The van der Waals surface area contributed by atoms with Crippen molar-refractivity contribution in [3.8, 4) is 0 Å². The third-order valence-electron chi connectivity index (χ3n) is 2.41. The van der Waals surface area contributed by atoms with Crippen molar-refractivity contribution in [1.29, 1.82) is 0 Å². The first kappa shape index (κ1) is 10.4. The first-order valence-corrected chi connectivity index (χ1v) is 4.88. The second kappa shape index (κ2) is 4.14. The lowest BCUT2D eigenvalue weighted by Gasteiger charge is -2.05. The van der Waals surface area contributed by atoms with Crippen LogP contribution in [0.3, 0.4) is 0 Å². The molecule has 0 saturated heterocycles. The summed E-state index contributed by atoms with van der Waals surface area (Å²) in [6, 6.07) is 3.91. The van der Waals surface area contributed by atoms with Crippen LogP contribution in [0.2, 0.25) is 0 Å². The Balaban J connectivity index is 2.35. The number of hydrogen-bond acceptors (Lipinski definition) is 3. The highest BCUT2D eigenvalue weighted by Crippen LogP contribution is 2.09. The van der Waals surface area contributed by atoms with Gasteiger partial charge in [-0.3, -0.25) is 9.78 Å². The standard InChI is InChI=1S/C11H12N4O/c1-15-6-2-3-8(15)7-9-10(11(12)16)14-5-4-13-9/h2-6H,7H2,1H3,(H2,12,16). The number of hydrogen-bond donors (Lipinski definition) is 1. The van der Waals surface area contributed by atoms with E-state index in [9.17, 15) is 4.79 Å². The number of carbonyl (C=O) groups is 1. The summed E-state index contributed by atoms with van der Waals surface area (Å²) in [5, 5.41) is 0. The fraction of sp³-hybridized carbons (Fsp3) is 0.182. The molecule has 5 heteroatoms. The van der Waals surface area contributed by atoms with Gasteiger partial charge in [-0.05, 0) is 12.1 Å². The van der Waals surface area contributed by atoms with Crippen molar-refractivity contribution in [2.24, 2.45) is 12.8 Å². The van der Waals surface area contributed by atoms with E-state index in [2.05, 4.69) is 9.97 Å². The highest BCUT2D eigenvalue weighted by Gasteiger charge is 2.11. The fourth-order valence-electron chi connectivity index (χ4n) is 1.55. The van der Waals surface area contributed by atoms with Crippen LogP contribution in [0.25, 0.3) is 0 Å². The average Bonchev–Trinajstić information content (AvgIpc) is 2.65. The van der Waals surface area contributed by atoms with Crippen molar-refractivity contribution in [1.82, 2.24) is 14.5 Å². The molecule has 0 fully saturated rings. The minimum Gasteiger partial charge on any atom is -0.364 e. The van der Waals surface area contributed by atoms with Crippen molar-refractivity contribution < 1.29 is 4.79 Å². The molecule has 0 atom stereocenters. The largest absolute Gasteiger partial charge is 0.364 e. The summed E-state index contributed by atoms with van der Waals surface area (Å²) in [6.07, 6.45) is 5.52. The molecule has 0 aliphatic rings. The van der Waals surface area contributed by atoms with Crippen LogP contribution in [0.1, 0.15) is 21.9 Å².